The SMILES string of the molecule is COc1ccc([C@@H]2c3ccccc3[C@]3(C#N)C=C[C@@]34CC(C#N)(C#N)C[C@H]24)cc1. The predicted molar refractivity (Wildman–Crippen MR) is 107 cm³/mol. The molecule has 0 saturated heterocycles. The molecule has 2 aromatic carbocycles. The van der Waals surface area contributed by atoms with Gasteiger partial charge in [0, 0.05) is 11.3 Å². The Hall–Kier alpha value is -3.55. The highest BCUT2D eigenvalue weighted by Gasteiger charge is 2.71. The van der Waals surface area contributed by atoms with E-state index in [9.17, 15) is 15.8 Å². The molecule has 0 aliphatic heterocycles. The summed E-state index contributed by atoms with van der Waals surface area (Å²) in [5, 5.41) is 30.1. The van der Waals surface area contributed by atoms with E-state index in [1.165, 1.54) is 0 Å². The summed E-state index contributed by atoms with van der Waals surface area (Å²) >= 11 is 0. The predicted octanol–water partition coefficient (Wildman–Crippen LogP) is 4.60. The summed E-state index contributed by atoms with van der Waals surface area (Å²) in [5.41, 5.74) is 0.925. The first-order chi connectivity index (χ1) is 14.1. The number of allylic oxidation sites excluding steroid dienone is 2. The lowest BCUT2D eigenvalue weighted by Crippen LogP contribution is -2.56. The number of hydrogen-bond acceptors (Lipinski definition) is 4. The summed E-state index contributed by atoms with van der Waals surface area (Å²) in [6.07, 6.45) is 4.96. The molecule has 0 aromatic heterocycles. The van der Waals surface area contributed by atoms with Gasteiger partial charge in [-0.1, -0.05) is 48.6 Å². The van der Waals surface area contributed by atoms with Crippen molar-refractivity contribution in [3.05, 3.63) is 77.4 Å². The number of nitrogens with zero attached hydrogens (tertiary/aromatic N) is 3. The molecule has 0 radical (unpaired) electrons. The Kier molecular flexibility index (Phi) is 3.46. The summed E-state index contributed by atoms with van der Waals surface area (Å²) in [4.78, 5) is 0. The molecule has 140 valence electrons. The quantitative estimate of drug-likeness (QED) is 0.716. The zero-order valence-electron chi connectivity index (χ0n) is 16.1. The first kappa shape index (κ1) is 17.5. The minimum atomic E-state index is -1.07. The maximum absolute atomic E-state index is 10.3. The molecule has 0 heterocycles. The van der Waals surface area contributed by atoms with E-state index in [1.54, 1.807) is 7.11 Å². The van der Waals surface area contributed by atoms with Crippen LogP contribution in [0.5, 0.6) is 5.75 Å². The van der Waals surface area contributed by atoms with Crippen LogP contribution in [-0.2, 0) is 5.41 Å². The first-order valence-electron chi connectivity index (χ1n) is 9.76. The fourth-order valence-electron chi connectivity index (χ4n) is 6.06. The molecule has 1 spiro atoms. The summed E-state index contributed by atoms with van der Waals surface area (Å²) in [6.45, 7) is 0. The van der Waals surface area contributed by atoms with Crippen molar-refractivity contribution in [3.8, 4) is 24.0 Å². The molecular weight excluding hydrogens is 358 g/mol. The molecular formula is C25H19N3O. The van der Waals surface area contributed by atoms with Gasteiger partial charge in [0.15, 0.2) is 0 Å². The van der Waals surface area contributed by atoms with Crippen LogP contribution in [0.2, 0.25) is 0 Å². The highest BCUT2D eigenvalue weighted by Crippen LogP contribution is 2.73. The molecule has 5 rings (SSSR count). The molecule has 1 saturated carbocycles. The molecule has 4 nitrogen and oxygen atoms in total. The van der Waals surface area contributed by atoms with Crippen molar-refractivity contribution in [3.63, 3.8) is 0 Å². The van der Waals surface area contributed by atoms with Crippen molar-refractivity contribution in [2.75, 3.05) is 7.11 Å². The highest BCUT2D eigenvalue weighted by atomic mass is 16.5. The standard InChI is InChI=1S/C25H19N3O/c1-29-18-8-6-17(7-9-18)22-19-4-2-3-5-20(19)25(16-28)11-10-24(25)13-23(14-26,15-27)12-21(22)24/h2-11,21-22H,12-13H2,1H3/t21-,22-,24+,25-/m1/s1. The molecule has 2 aromatic rings. The molecule has 4 atom stereocenters. The Bertz CT molecular complexity index is 1150. The van der Waals surface area contributed by atoms with Crippen molar-refractivity contribution in [1.82, 2.24) is 0 Å². The van der Waals surface area contributed by atoms with Gasteiger partial charge in [-0.2, -0.15) is 15.8 Å². The van der Waals surface area contributed by atoms with Gasteiger partial charge in [0.1, 0.15) is 16.6 Å². The minimum Gasteiger partial charge on any atom is -0.497 e. The number of hydrogen-bond donors (Lipinski definition) is 0. The molecule has 1 fully saturated rings. The maximum atomic E-state index is 10.3. The average Bonchev–Trinajstić information content (AvgIpc) is 3.14. The zero-order valence-corrected chi connectivity index (χ0v) is 16.1. The van der Waals surface area contributed by atoms with Crippen molar-refractivity contribution < 1.29 is 4.74 Å². The minimum absolute atomic E-state index is 0.00902. The topological polar surface area (TPSA) is 80.6 Å². The van der Waals surface area contributed by atoms with Crippen LogP contribution in [0.15, 0.2) is 60.7 Å². The number of ether oxygens (including phenoxy) is 1. The van der Waals surface area contributed by atoms with Crippen LogP contribution in [-0.4, -0.2) is 7.11 Å². The van der Waals surface area contributed by atoms with Crippen LogP contribution < -0.4 is 4.74 Å². The molecule has 3 aliphatic rings. The van der Waals surface area contributed by atoms with E-state index in [0.29, 0.717) is 12.8 Å². The third-order valence-corrected chi connectivity index (χ3v) is 7.39. The van der Waals surface area contributed by atoms with Crippen LogP contribution >= 0.6 is 0 Å². The van der Waals surface area contributed by atoms with E-state index in [-0.39, 0.29) is 11.8 Å². The average molecular weight is 377 g/mol. The lowest BCUT2D eigenvalue weighted by Gasteiger charge is -2.57. The summed E-state index contributed by atoms with van der Waals surface area (Å²) < 4.78 is 5.32. The Balaban J connectivity index is 1.78. The number of rotatable bonds is 2. The van der Waals surface area contributed by atoms with Crippen LogP contribution in [0.1, 0.15) is 35.4 Å². The maximum Gasteiger partial charge on any atom is 0.145 e. The zero-order chi connectivity index (χ0) is 20.3. The van der Waals surface area contributed by atoms with E-state index in [4.69, 9.17) is 4.74 Å². The highest BCUT2D eigenvalue weighted by molar-refractivity contribution is 5.62. The largest absolute Gasteiger partial charge is 0.497 e. The van der Waals surface area contributed by atoms with Gasteiger partial charge >= 0.3 is 0 Å². The van der Waals surface area contributed by atoms with Gasteiger partial charge in [-0.25, -0.2) is 0 Å². The Morgan fingerprint density at radius 2 is 1.66 bits per heavy atom. The third kappa shape index (κ3) is 1.95. The summed E-state index contributed by atoms with van der Waals surface area (Å²) in [6, 6.07) is 23.3. The second-order valence-corrected chi connectivity index (χ2v) is 8.42. The number of nitriles is 3. The van der Waals surface area contributed by atoms with Crippen molar-refractivity contribution >= 4 is 0 Å². The normalized spacial score (nSPS) is 32.3. The monoisotopic (exact) mass is 377 g/mol. The van der Waals surface area contributed by atoms with Crippen molar-refractivity contribution in [1.29, 1.82) is 15.8 Å². The van der Waals surface area contributed by atoms with Gasteiger partial charge in [-0.05, 0) is 47.6 Å². The molecule has 0 unspecified atom stereocenters. The molecule has 0 N–H and O–H groups in total. The first-order valence-corrected chi connectivity index (χ1v) is 9.76. The van der Waals surface area contributed by atoms with Crippen LogP contribution in [0.25, 0.3) is 0 Å². The second kappa shape index (κ2) is 5.73. The second-order valence-electron chi connectivity index (χ2n) is 8.42. The fraction of sp³-hybridized carbons (Fsp3) is 0.320. The van der Waals surface area contributed by atoms with Gasteiger partial charge in [-0.15, -0.1) is 0 Å². The van der Waals surface area contributed by atoms with Gasteiger partial charge < -0.3 is 4.74 Å². The lowest BCUT2D eigenvalue weighted by molar-refractivity contribution is 0.131. The Morgan fingerprint density at radius 3 is 2.24 bits per heavy atom. The molecule has 0 bridgehead atoms. The van der Waals surface area contributed by atoms with Crippen LogP contribution in [0, 0.1) is 50.7 Å². The van der Waals surface area contributed by atoms with E-state index in [2.05, 4.69) is 42.5 Å². The molecule has 29 heavy (non-hydrogen) atoms. The molecule has 0 amide bonds. The van der Waals surface area contributed by atoms with Crippen LogP contribution in [0.3, 0.4) is 0 Å². The Morgan fingerprint density at radius 1 is 0.931 bits per heavy atom. The smallest absolute Gasteiger partial charge is 0.145 e. The van der Waals surface area contributed by atoms with Gasteiger partial charge in [0.2, 0.25) is 0 Å². The Labute approximate surface area is 170 Å². The summed E-state index contributed by atoms with van der Waals surface area (Å²) in [7, 11) is 1.64. The van der Waals surface area contributed by atoms with Gasteiger partial charge in [0.05, 0.1) is 25.3 Å². The summed E-state index contributed by atoms with van der Waals surface area (Å²) in [5.74, 6) is 0.819. The van der Waals surface area contributed by atoms with Crippen LogP contribution in [0.4, 0.5) is 0 Å². The number of benzene rings is 2. The van der Waals surface area contributed by atoms with Gasteiger partial charge in [-0.3, -0.25) is 0 Å². The van der Waals surface area contributed by atoms with Crippen molar-refractivity contribution in [2.45, 2.75) is 24.2 Å². The van der Waals surface area contributed by atoms with E-state index in [0.717, 1.165) is 22.4 Å². The van der Waals surface area contributed by atoms with E-state index in [1.807, 2.05) is 36.4 Å². The number of fused-ring (bicyclic) bond motifs is 2. The molecule has 3 aliphatic carbocycles. The fourth-order valence-corrected chi connectivity index (χ4v) is 6.06. The number of methoxy groups -OCH3 is 1. The van der Waals surface area contributed by atoms with E-state index < -0.39 is 16.2 Å². The van der Waals surface area contributed by atoms with Crippen molar-refractivity contribution in [2.24, 2.45) is 16.7 Å². The molecule has 4 heteroatoms. The van der Waals surface area contributed by atoms with E-state index >= 15 is 0 Å². The third-order valence-electron chi connectivity index (χ3n) is 7.39. The lowest BCUT2D eigenvalue weighted by atomic mass is 9.43. The van der Waals surface area contributed by atoms with Gasteiger partial charge in [0.25, 0.3) is 0 Å².